The largest absolute Gasteiger partial charge is 0.481 e. The molecule has 0 saturated carbocycles. The Balaban J connectivity index is 0.00000235. The first-order chi connectivity index (χ1) is 20.2. The number of anilines is 2. The summed E-state index contributed by atoms with van der Waals surface area (Å²) in [5.41, 5.74) is 2.97. The number of amides is 1. The molecule has 45 heavy (non-hydrogen) atoms. The Kier molecular flexibility index (Phi) is 14.3. The molecule has 1 atom stereocenters. The van der Waals surface area contributed by atoms with Gasteiger partial charge in [0.05, 0.1) is 18.8 Å². The SMILES string of the molecule is Cl.Cl.Cl.O=C(O)CCN1CCN(c2cnc(C(=O)Nc3ccc(-c4ccccc4)c(CN4CCC[C@H]4C(F)(F)F)c3)cn2)CC1. The van der Waals surface area contributed by atoms with Crippen LogP contribution in [0.15, 0.2) is 60.9 Å². The Hall–Kier alpha value is -3.16. The minimum Gasteiger partial charge on any atom is -0.481 e. The number of nitrogens with one attached hydrogen (secondary N) is 1. The Labute approximate surface area is 278 Å². The summed E-state index contributed by atoms with van der Waals surface area (Å²) in [4.78, 5) is 38.1. The van der Waals surface area contributed by atoms with Crippen molar-refractivity contribution >= 4 is 60.6 Å². The molecule has 9 nitrogen and oxygen atoms in total. The Morgan fingerprint density at radius 1 is 0.933 bits per heavy atom. The second kappa shape index (κ2) is 17.0. The average molecular weight is 692 g/mol. The lowest BCUT2D eigenvalue weighted by molar-refractivity contribution is -0.177. The van der Waals surface area contributed by atoms with Crippen LogP contribution in [0, 0.1) is 0 Å². The average Bonchev–Trinajstić information content (AvgIpc) is 3.46. The van der Waals surface area contributed by atoms with Crippen LogP contribution in [0.2, 0.25) is 0 Å². The summed E-state index contributed by atoms with van der Waals surface area (Å²) in [7, 11) is 0. The molecular formula is C30H36Cl3F3N6O3. The summed E-state index contributed by atoms with van der Waals surface area (Å²) < 4.78 is 41.0. The molecule has 2 aromatic carbocycles. The van der Waals surface area contributed by atoms with Crippen molar-refractivity contribution in [2.24, 2.45) is 0 Å². The highest BCUT2D eigenvalue weighted by atomic mass is 35.5. The van der Waals surface area contributed by atoms with Gasteiger partial charge in [0, 0.05) is 45.0 Å². The number of rotatable bonds is 9. The fourth-order valence-electron chi connectivity index (χ4n) is 5.56. The monoisotopic (exact) mass is 690 g/mol. The quantitative estimate of drug-likeness (QED) is 0.291. The molecule has 1 amide bonds. The van der Waals surface area contributed by atoms with Gasteiger partial charge >= 0.3 is 12.1 Å². The number of carbonyl (C=O) groups is 2. The van der Waals surface area contributed by atoms with Gasteiger partial charge in [-0.1, -0.05) is 36.4 Å². The smallest absolute Gasteiger partial charge is 0.404 e. The number of benzene rings is 2. The van der Waals surface area contributed by atoms with E-state index in [0.717, 1.165) is 11.1 Å². The topological polar surface area (TPSA) is 102 Å². The van der Waals surface area contributed by atoms with Crippen molar-refractivity contribution in [1.29, 1.82) is 0 Å². The summed E-state index contributed by atoms with van der Waals surface area (Å²) in [5.74, 6) is -0.661. The minimum absolute atomic E-state index is 0. The van der Waals surface area contributed by atoms with Gasteiger partial charge in [-0.3, -0.25) is 19.4 Å². The van der Waals surface area contributed by atoms with E-state index in [0.29, 0.717) is 62.8 Å². The summed E-state index contributed by atoms with van der Waals surface area (Å²) in [6, 6.07) is 13.3. The van der Waals surface area contributed by atoms with Crippen molar-refractivity contribution in [3.63, 3.8) is 0 Å². The zero-order valence-corrected chi connectivity index (χ0v) is 26.7. The van der Waals surface area contributed by atoms with Crippen LogP contribution in [0.25, 0.3) is 11.1 Å². The third kappa shape index (κ3) is 9.91. The molecule has 3 heterocycles. The van der Waals surface area contributed by atoms with Crippen LogP contribution in [-0.2, 0) is 11.3 Å². The molecule has 2 aliphatic rings. The molecule has 2 aliphatic heterocycles. The Morgan fingerprint density at radius 3 is 2.27 bits per heavy atom. The molecule has 15 heteroatoms. The number of likely N-dealkylation sites (tertiary alicyclic amines) is 1. The maximum absolute atomic E-state index is 13.7. The summed E-state index contributed by atoms with van der Waals surface area (Å²) >= 11 is 0. The second-order valence-corrected chi connectivity index (χ2v) is 10.6. The van der Waals surface area contributed by atoms with E-state index in [4.69, 9.17) is 5.11 Å². The molecule has 0 aliphatic carbocycles. The van der Waals surface area contributed by atoms with Crippen LogP contribution in [0.4, 0.5) is 24.7 Å². The third-order valence-electron chi connectivity index (χ3n) is 7.77. The molecular weight excluding hydrogens is 656 g/mol. The van der Waals surface area contributed by atoms with Crippen molar-refractivity contribution in [3.8, 4) is 11.1 Å². The van der Waals surface area contributed by atoms with E-state index in [9.17, 15) is 22.8 Å². The number of hydrogen-bond donors (Lipinski definition) is 2. The van der Waals surface area contributed by atoms with Crippen LogP contribution >= 0.6 is 37.2 Å². The standard InChI is InChI=1S/C30H33F3N6O3.3ClH/c31-30(32,33)26-7-4-11-39(26)20-22-17-23(8-9-24(22)21-5-2-1-3-6-21)36-29(42)25-18-35-27(19-34-25)38-15-13-37(14-16-38)12-10-28(40)41;;;/h1-3,5-6,8-9,17-19,26H,4,7,10-16,20H2,(H,36,42)(H,40,41);3*1H/t26-;;;/m0.../s1. The second-order valence-electron chi connectivity index (χ2n) is 10.6. The lowest BCUT2D eigenvalue weighted by Crippen LogP contribution is -2.47. The van der Waals surface area contributed by atoms with Crippen molar-refractivity contribution in [2.75, 3.05) is 49.5 Å². The summed E-state index contributed by atoms with van der Waals surface area (Å²) in [5, 5.41) is 11.7. The van der Waals surface area contributed by atoms with E-state index < -0.39 is 24.1 Å². The highest BCUT2D eigenvalue weighted by Crippen LogP contribution is 2.36. The number of carboxylic acid groups (broad SMARTS) is 1. The Morgan fingerprint density at radius 2 is 1.64 bits per heavy atom. The summed E-state index contributed by atoms with van der Waals surface area (Å²) in [6.07, 6.45) is -0.693. The number of nitrogens with zero attached hydrogens (tertiary/aromatic N) is 5. The molecule has 5 rings (SSSR count). The van der Waals surface area contributed by atoms with Crippen molar-refractivity contribution in [1.82, 2.24) is 19.8 Å². The number of halogens is 6. The first kappa shape index (κ1) is 38.0. The highest BCUT2D eigenvalue weighted by Gasteiger charge is 2.45. The number of aromatic nitrogens is 2. The van der Waals surface area contributed by atoms with Crippen LogP contribution in [-0.4, -0.2) is 88.2 Å². The number of piperazine rings is 1. The van der Waals surface area contributed by atoms with E-state index in [2.05, 4.69) is 20.2 Å². The molecule has 2 saturated heterocycles. The number of hydrogen-bond acceptors (Lipinski definition) is 7. The number of alkyl halides is 3. The van der Waals surface area contributed by atoms with Gasteiger partial charge in [0.25, 0.3) is 5.91 Å². The van der Waals surface area contributed by atoms with Crippen LogP contribution in [0.1, 0.15) is 35.3 Å². The van der Waals surface area contributed by atoms with Crippen molar-refractivity contribution in [2.45, 2.75) is 38.0 Å². The normalized spacial score (nSPS) is 17.0. The van der Waals surface area contributed by atoms with Gasteiger partial charge in [-0.15, -0.1) is 37.2 Å². The van der Waals surface area contributed by atoms with E-state index in [1.807, 2.05) is 41.3 Å². The highest BCUT2D eigenvalue weighted by molar-refractivity contribution is 6.03. The molecule has 2 N–H and O–H groups in total. The van der Waals surface area contributed by atoms with Gasteiger partial charge in [0.15, 0.2) is 0 Å². The molecule has 246 valence electrons. The fourth-order valence-corrected chi connectivity index (χ4v) is 5.56. The first-order valence-corrected chi connectivity index (χ1v) is 14.0. The fraction of sp³-hybridized carbons (Fsp3) is 0.400. The third-order valence-corrected chi connectivity index (χ3v) is 7.77. The number of aliphatic carboxylic acids is 1. The minimum atomic E-state index is -4.30. The Bertz CT molecular complexity index is 1400. The predicted molar refractivity (Wildman–Crippen MR) is 174 cm³/mol. The molecule has 0 unspecified atom stereocenters. The van der Waals surface area contributed by atoms with E-state index >= 15 is 0 Å². The van der Waals surface area contributed by atoms with E-state index in [1.54, 1.807) is 12.1 Å². The van der Waals surface area contributed by atoms with E-state index in [1.165, 1.54) is 17.3 Å². The number of carboxylic acids is 1. The van der Waals surface area contributed by atoms with Gasteiger partial charge in [-0.25, -0.2) is 9.97 Å². The molecule has 2 fully saturated rings. The molecule has 0 spiro atoms. The predicted octanol–water partition coefficient (Wildman–Crippen LogP) is 5.78. The first-order valence-electron chi connectivity index (χ1n) is 14.0. The maximum atomic E-state index is 13.7. The maximum Gasteiger partial charge on any atom is 0.404 e. The van der Waals surface area contributed by atoms with Crippen LogP contribution < -0.4 is 10.2 Å². The van der Waals surface area contributed by atoms with Gasteiger partial charge in [-0.05, 0) is 48.2 Å². The van der Waals surface area contributed by atoms with Crippen molar-refractivity contribution in [3.05, 3.63) is 72.2 Å². The molecule has 1 aromatic heterocycles. The van der Waals surface area contributed by atoms with Gasteiger partial charge in [-0.2, -0.15) is 13.2 Å². The van der Waals surface area contributed by atoms with Gasteiger partial charge < -0.3 is 15.3 Å². The zero-order valence-electron chi connectivity index (χ0n) is 24.3. The van der Waals surface area contributed by atoms with E-state index in [-0.39, 0.29) is 62.3 Å². The summed E-state index contributed by atoms with van der Waals surface area (Å²) in [6.45, 7) is 3.72. The van der Waals surface area contributed by atoms with Gasteiger partial charge in [0.1, 0.15) is 17.6 Å². The lowest BCUT2D eigenvalue weighted by Gasteiger charge is -2.34. The van der Waals surface area contributed by atoms with Crippen LogP contribution in [0.5, 0.6) is 0 Å². The number of carbonyl (C=O) groups excluding carboxylic acids is 1. The van der Waals surface area contributed by atoms with Gasteiger partial charge in [0.2, 0.25) is 0 Å². The van der Waals surface area contributed by atoms with Crippen molar-refractivity contribution < 1.29 is 27.9 Å². The molecule has 0 bridgehead atoms. The zero-order chi connectivity index (χ0) is 29.7. The lowest BCUT2D eigenvalue weighted by atomic mass is 9.98. The molecule has 3 aromatic rings. The molecule has 0 radical (unpaired) electrons. The van der Waals surface area contributed by atoms with Crippen LogP contribution in [0.3, 0.4) is 0 Å².